The highest BCUT2D eigenvalue weighted by Gasteiger charge is 2.32. The van der Waals surface area contributed by atoms with Gasteiger partial charge in [0.05, 0.1) is 0 Å². The summed E-state index contributed by atoms with van der Waals surface area (Å²) in [6.45, 7) is 4.95. The number of rotatable bonds is 5. The summed E-state index contributed by atoms with van der Waals surface area (Å²) in [5.74, 6) is 2.40. The topological polar surface area (TPSA) is 61.9 Å². The third-order valence-corrected chi connectivity index (χ3v) is 3.69. The zero-order valence-electron chi connectivity index (χ0n) is 11.0. The molecule has 2 aliphatic rings. The molecule has 1 aromatic heterocycles. The number of amides is 1. The van der Waals surface area contributed by atoms with E-state index < -0.39 is 0 Å². The van der Waals surface area contributed by atoms with Gasteiger partial charge in [-0.25, -0.2) is 4.98 Å². The maximum absolute atomic E-state index is 12.4. The SMILES string of the molecule is CC(C)N(CC1CC1)C(=O)c1n[nH]c(C2CC2)n1. The lowest BCUT2D eigenvalue weighted by Gasteiger charge is -2.25. The van der Waals surface area contributed by atoms with Gasteiger partial charge in [0.2, 0.25) is 5.82 Å². The number of nitrogens with one attached hydrogen (secondary N) is 1. The van der Waals surface area contributed by atoms with E-state index in [4.69, 9.17) is 0 Å². The predicted molar refractivity (Wildman–Crippen MR) is 67.3 cm³/mol. The average molecular weight is 248 g/mol. The second kappa shape index (κ2) is 4.37. The molecule has 1 aromatic rings. The Bertz CT molecular complexity index is 446. The molecule has 1 heterocycles. The first-order chi connectivity index (χ1) is 8.65. The second-order valence-electron chi connectivity index (χ2n) is 5.81. The van der Waals surface area contributed by atoms with Crippen molar-refractivity contribution in [1.82, 2.24) is 20.1 Å². The van der Waals surface area contributed by atoms with Crippen LogP contribution in [0.2, 0.25) is 0 Å². The Hall–Kier alpha value is -1.39. The number of hydrogen-bond donors (Lipinski definition) is 1. The Labute approximate surface area is 107 Å². The number of nitrogens with zero attached hydrogens (tertiary/aromatic N) is 3. The van der Waals surface area contributed by atoms with Gasteiger partial charge in [-0.05, 0) is 45.4 Å². The molecule has 0 aliphatic heterocycles. The molecule has 0 unspecified atom stereocenters. The van der Waals surface area contributed by atoms with Crippen molar-refractivity contribution in [3.8, 4) is 0 Å². The lowest BCUT2D eigenvalue weighted by molar-refractivity contribution is 0.0684. The van der Waals surface area contributed by atoms with Gasteiger partial charge in [-0.1, -0.05) is 0 Å². The standard InChI is InChI=1S/C13H20N4O/c1-8(2)17(7-9-3-4-9)13(18)12-14-11(15-16-12)10-5-6-10/h8-10H,3-7H2,1-2H3,(H,14,15,16). The molecule has 0 radical (unpaired) electrons. The third kappa shape index (κ3) is 2.40. The van der Waals surface area contributed by atoms with E-state index in [-0.39, 0.29) is 11.9 Å². The molecule has 2 aliphatic carbocycles. The van der Waals surface area contributed by atoms with Crippen molar-refractivity contribution in [1.29, 1.82) is 0 Å². The number of aromatic amines is 1. The predicted octanol–water partition coefficient (Wildman–Crippen LogP) is 1.94. The minimum absolute atomic E-state index is 0.0277. The smallest absolute Gasteiger partial charge is 0.293 e. The summed E-state index contributed by atoms with van der Waals surface area (Å²) in [6.07, 6.45) is 4.83. The first-order valence-electron chi connectivity index (χ1n) is 6.88. The van der Waals surface area contributed by atoms with Crippen molar-refractivity contribution in [2.24, 2.45) is 5.92 Å². The van der Waals surface area contributed by atoms with E-state index in [0.29, 0.717) is 17.7 Å². The van der Waals surface area contributed by atoms with Gasteiger partial charge in [0.1, 0.15) is 5.82 Å². The van der Waals surface area contributed by atoms with Crippen molar-refractivity contribution < 1.29 is 4.79 Å². The molecule has 5 nitrogen and oxygen atoms in total. The molecule has 0 spiro atoms. The molecule has 98 valence electrons. The van der Waals surface area contributed by atoms with Crippen LogP contribution >= 0.6 is 0 Å². The fraction of sp³-hybridized carbons (Fsp3) is 0.769. The Morgan fingerprint density at radius 1 is 1.39 bits per heavy atom. The van der Waals surface area contributed by atoms with Crippen molar-refractivity contribution in [2.45, 2.75) is 51.5 Å². The molecule has 5 heteroatoms. The summed E-state index contributed by atoms with van der Waals surface area (Å²) in [7, 11) is 0. The molecule has 1 amide bonds. The van der Waals surface area contributed by atoms with Crippen LogP contribution in [0.3, 0.4) is 0 Å². The summed E-state index contributed by atoms with van der Waals surface area (Å²) >= 11 is 0. The summed E-state index contributed by atoms with van der Waals surface area (Å²) < 4.78 is 0. The van der Waals surface area contributed by atoms with Gasteiger partial charge in [-0.3, -0.25) is 9.89 Å². The molecular formula is C13H20N4O. The van der Waals surface area contributed by atoms with E-state index in [1.54, 1.807) is 0 Å². The molecule has 0 aromatic carbocycles. The van der Waals surface area contributed by atoms with Crippen LogP contribution < -0.4 is 0 Å². The molecule has 18 heavy (non-hydrogen) atoms. The Morgan fingerprint density at radius 2 is 2.11 bits per heavy atom. The maximum atomic E-state index is 12.4. The monoisotopic (exact) mass is 248 g/mol. The van der Waals surface area contributed by atoms with Gasteiger partial charge in [0, 0.05) is 18.5 Å². The molecule has 0 bridgehead atoms. The molecule has 2 fully saturated rings. The zero-order chi connectivity index (χ0) is 12.7. The Morgan fingerprint density at radius 3 is 2.67 bits per heavy atom. The first kappa shape index (κ1) is 11.7. The lowest BCUT2D eigenvalue weighted by atomic mass is 10.2. The van der Waals surface area contributed by atoms with Crippen LogP contribution in [0.1, 0.15) is 61.9 Å². The van der Waals surface area contributed by atoms with E-state index >= 15 is 0 Å². The molecule has 0 atom stereocenters. The van der Waals surface area contributed by atoms with Gasteiger partial charge in [0.15, 0.2) is 0 Å². The van der Waals surface area contributed by atoms with Crippen LogP contribution in [0.4, 0.5) is 0 Å². The minimum Gasteiger partial charge on any atom is -0.333 e. The van der Waals surface area contributed by atoms with Crippen molar-refractivity contribution in [3.63, 3.8) is 0 Å². The van der Waals surface area contributed by atoms with Crippen LogP contribution in [0.5, 0.6) is 0 Å². The normalized spacial score (nSPS) is 19.3. The van der Waals surface area contributed by atoms with Crippen molar-refractivity contribution >= 4 is 5.91 Å². The number of hydrogen-bond acceptors (Lipinski definition) is 3. The summed E-state index contributed by atoms with van der Waals surface area (Å²) in [4.78, 5) is 18.6. The third-order valence-electron chi connectivity index (χ3n) is 3.69. The second-order valence-corrected chi connectivity index (χ2v) is 5.81. The maximum Gasteiger partial charge on any atom is 0.293 e. The fourth-order valence-corrected chi connectivity index (χ4v) is 2.14. The average Bonchev–Trinajstić information content (AvgIpc) is 3.25. The van der Waals surface area contributed by atoms with Gasteiger partial charge in [-0.2, -0.15) is 0 Å². The number of carbonyl (C=O) groups excluding carboxylic acids is 1. The minimum atomic E-state index is -0.0277. The van der Waals surface area contributed by atoms with E-state index in [1.165, 1.54) is 25.7 Å². The zero-order valence-corrected chi connectivity index (χ0v) is 11.0. The highest BCUT2D eigenvalue weighted by Crippen LogP contribution is 2.37. The number of aromatic nitrogens is 3. The molecule has 0 saturated heterocycles. The largest absolute Gasteiger partial charge is 0.333 e. The molecule has 1 N–H and O–H groups in total. The number of H-pyrrole nitrogens is 1. The molecule has 3 rings (SSSR count). The molecular weight excluding hydrogens is 228 g/mol. The van der Waals surface area contributed by atoms with Crippen LogP contribution in [-0.4, -0.2) is 38.6 Å². The number of carbonyl (C=O) groups is 1. The first-order valence-corrected chi connectivity index (χ1v) is 6.88. The summed E-state index contributed by atoms with van der Waals surface area (Å²) in [6, 6.07) is 0.209. The quantitative estimate of drug-likeness (QED) is 0.866. The van der Waals surface area contributed by atoms with Gasteiger partial charge >= 0.3 is 0 Å². The van der Waals surface area contributed by atoms with E-state index in [1.807, 2.05) is 4.90 Å². The van der Waals surface area contributed by atoms with Crippen LogP contribution in [-0.2, 0) is 0 Å². The van der Waals surface area contributed by atoms with Gasteiger partial charge in [0.25, 0.3) is 5.91 Å². The van der Waals surface area contributed by atoms with Crippen LogP contribution in [0, 0.1) is 5.92 Å². The summed E-state index contributed by atoms with van der Waals surface area (Å²) in [5, 5.41) is 6.98. The van der Waals surface area contributed by atoms with E-state index in [2.05, 4.69) is 29.0 Å². The van der Waals surface area contributed by atoms with Crippen LogP contribution in [0.25, 0.3) is 0 Å². The Balaban J connectivity index is 1.72. The summed E-state index contributed by atoms with van der Waals surface area (Å²) in [5.41, 5.74) is 0. The highest BCUT2D eigenvalue weighted by molar-refractivity contribution is 5.90. The van der Waals surface area contributed by atoms with Gasteiger partial charge in [-0.15, -0.1) is 5.10 Å². The van der Waals surface area contributed by atoms with E-state index in [0.717, 1.165) is 12.4 Å². The van der Waals surface area contributed by atoms with Crippen LogP contribution in [0.15, 0.2) is 0 Å². The Kier molecular flexibility index (Phi) is 2.84. The van der Waals surface area contributed by atoms with E-state index in [9.17, 15) is 4.79 Å². The lowest BCUT2D eigenvalue weighted by Crippen LogP contribution is -2.39. The fourth-order valence-electron chi connectivity index (χ4n) is 2.14. The van der Waals surface area contributed by atoms with Crippen molar-refractivity contribution in [2.75, 3.05) is 6.54 Å². The van der Waals surface area contributed by atoms with Crippen molar-refractivity contribution in [3.05, 3.63) is 11.6 Å². The highest BCUT2D eigenvalue weighted by atomic mass is 16.2. The molecule has 2 saturated carbocycles. The van der Waals surface area contributed by atoms with Gasteiger partial charge < -0.3 is 4.90 Å².